The van der Waals surface area contributed by atoms with E-state index < -0.39 is 10.2 Å². The molecule has 2 N–H and O–H groups in total. The highest BCUT2D eigenvalue weighted by atomic mass is 32.3. The number of hydrogen-bond donors (Lipinski definition) is 2. The van der Waals surface area contributed by atoms with E-state index in [1.54, 1.807) is 0 Å². The van der Waals surface area contributed by atoms with E-state index in [1.165, 1.54) is 11.1 Å². The molecule has 104 valence electrons. The zero-order valence-electron chi connectivity index (χ0n) is 11.7. The molecule has 0 aromatic heterocycles. The van der Waals surface area contributed by atoms with Gasteiger partial charge in [-0.2, -0.15) is 0 Å². The zero-order valence-corrected chi connectivity index (χ0v) is 12.5. The number of benzene rings is 1. The van der Waals surface area contributed by atoms with Gasteiger partial charge in [0.15, 0.2) is 0 Å². The first-order valence-electron chi connectivity index (χ1n) is 6.88. The zero-order chi connectivity index (χ0) is 13.7. The first-order valence-corrected chi connectivity index (χ1v) is 8.81. The minimum absolute atomic E-state index is 0.231. The molecule has 1 aliphatic heterocycles. The number of aliphatic hydroxyl groups is 1. The molecule has 1 aromatic carbocycles. The summed E-state index contributed by atoms with van der Waals surface area (Å²) in [4.78, 5) is 0. The van der Waals surface area contributed by atoms with Crippen LogP contribution in [0.2, 0.25) is 0 Å². The van der Waals surface area contributed by atoms with Crippen molar-refractivity contribution in [1.82, 2.24) is 4.72 Å². The maximum atomic E-state index is 9.98. The van der Waals surface area contributed by atoms with Crippen molar-refractivity contribution in [2.24, 2.45) is 0 Å². The van der Waals surface area contributed by atoms with Crippen LogP contribution in [0.1, 0.15) is 25.8 Å². The number of allylic oxidation sites excluding steroid dienone is 2. The van der Waals surface area contributed by atoms with Crippen LogP contribution in [0.3, 0.4) is 0 Å². The molecule has 1 aliphatic rings. The molecule has 1 heterocycles. The number of aliphatic hydroxyl groups excluding tert-OH is 1. The Morgan fingerprint density at radius 2 is 1.95 bits per heavy atom. The van der Waals surface area contributed by atoms with Crippen LogP contribution in [-0.2, 0) is 0 Å². The summed E-state index contributed by atoms with van der Waals surface area (Å²) in [6.07, 6.45) is 2.77. The Bertz CT molecular complexity index is 469. The molecule has 2 nitrogen and oxygen atoms in total. The Hall–Kier alpha value is -1.03. The first kappa shape index (κ1) is 14.4. The summed E-state index contributed by atoms with van der Waals surface area (Å²) in [5.41, 5.74) is 2.51. The first-order chi connectivity index (χ1) is 9.19. The highest BCUT2D eigenvalue weighted by molar-refractivity contribution is 8.37. The van der Waals surface area contributed by atoms with Gasteiger partial charge in [-0.1, -0.05) is 44.2 Å². The molecule has 2 unspecified atom stereocenters. The molecule has 0 saturated carbocycles. The van der Waals surface area contributed by atoms with Crippen molar-refractivity contribution in [2.45, 2.75) is 26.4 Å². The summed E-state index contributed by atoms with van der Waals surface area (Å²) in [7, 11) is -1.16. The normalized spacial score (nSPS) is 26.8. The third-order valence-electron chi connectivity index (χ3n) is 3.29. The van der Waals surface area contributed by atoms with Crippen LogP contribution in [0.15, 0.2) is 47.2 Å². The van der Waals surface area contributed by atoms with Crippen LogP contribution in [0.4, 0.5) is 0 Å². The van der Waals surface area contributed by atoms with E-state index in [-0.39, 0.29) is 6.10 Å². The second-order valence-electron chi connectivity index (χ2n) is 4.82. The molecule has 1 aromatic rings. The minimum atomic E-state index is -1.16. The van der Waals surface area contributed by atoms with Gasteiger partial charge in [-0.25, -0.2) is 0 Å². The summed E-state index contributed by atoms with van der Waals surface area (Å²) in [6, 6.07) is 10.4. The Morgan fingerprint density at radius 3 is 2.58 bits per heavy atom. The molecular formula is C16H23NOS. The van der Waals surface area contributed by atoms with E-state index in [2.05, 4.69) is 52.8 Å². The molecule has 0 radical (unpaired) electrons. The van der Waals surface area contributed by atoms with E-state index in [0.29, 0.717) is 0 Å². The fourth-order valence-electron chi connectivity index (χ4n) is 2.25. The monoisotopic (exact) mass is 277 g/mol. The van der Waals surface area contributed by atoms with Crippen LogP contribution in [0.25, 0.3) is 5.57 Å². The second kappa shape index (κ2) is 6.42. The van der Waals surface area contributed by atoms with Gasteiger partial charge in [0.1, 0.15) is 0 Å². The summed E-state index contributed by atoms with van der Waals surface area (Å²) in [5.74, 6) is 0.810. The molecule has 3 heteroatoms. The quantitative estimate of drug-likeness (QED) is 0.832. The van der Waals surface area contributed by atoms with Crippen molar-refractivity contribution in [3.05, 3.63) is 52.8 Å². The second-order valence-corrected chi connectivity index (χ2v) is 7.65. The maximum absolute atomic E-state index is 9.98. The molecule has 0 saturated heterocycles. The van der Waals surface area contributed by atoms with Gasteiger partial charge in [0.25, 0.3) is 0 Å². The van der Waals surface area contributed by atoms with Gasteiger partial charge in [-0.15, -0.1) is 10.2 Å². The predicted molar refractivity (Wildman–Crippen MR) is 86.0 cm³/mol. The average Bonchev–Trinajstić information content (AvgIpc) is 2.84. The molecule has 2 rings (SSSR count). The highest BCUT2D eigenvalue weighted by Gasteiger charge is 2.25. The standard InChI is InChI=1S/C16H23NOS/c1-3-16(18)13-19(17-4-2)11-10-15(12-19)14-8-6-5-7-9-14/h5-12,16-18H,3-4,13H2,1-2H3. The van der Waals surface area contributed by atoms with Gasteiger partial charge in [0.2, 0.25) is 0 Å². The lowest BCUT2D eigenvalue weighted by molar-refractivity contribution is 0.194. The maximum Gasteiger partial charge on any atom is 0.0630 e. The van der Waals surface area contributed by atoms with Crippen molar-refractivity contribution in [1.29, 1.82) is 0 Å². The van der Waals surface area contributed by atoms with Crippen LogP contribution < -0.4 is 4.72 Å². The smallest absolute Gasteiger partial charge is 0.0630 e. The Balaban J connectivity index is 2.23. The molecule has 0 fully saturated rings. The fraction of sp³-hybridized carbons (Fsp3) is 0.375. The Kier molecular flexibility index (Phi) is 4.86. The van der Waals surface area contributed by atoms with E-state index in [4.69, 9.17) is 0 Å². The molecule has 0 spiro atoms. The van der Waals surface area contributed by atoms with Crippen LogP contribution in [-0.4, -0.2) is 23.5 Å². The van der Waals surface area contributed by atoms with Crippen molar-refractivity contribution in [3.63, 3.8) is 0 Å². The van der Waals surface area contributed by atoms with E-state index in [1.807, 2.05) is 13.0 Å². The summed E-state index contributed by atoms with van der Waals surface area (Å²) in [5, 5.41) is 14.6. The van der Waals surface area contributed by atoms with Gasteiger partial charge >= 0.3 is 0 Å². The molecular weight excluding hydrogens is 254 g/mol. The molecule has 2 atom stereocenters. The molecule has 0 amide bonds. The lowest BCUT2D eigenvalue weighted by Crippen LogP contribution is -2.25. The largest absolute Gasteiger partial charge is 0.392 e. The predicted octanol–water partition coefficient (Wildman–Crippen LogP) is 3.65. The molecule has 19 heavy (non-hydrogen) atoms. The van der Waals surface area contributed by atoms with Crippen LogP contribution in [0.5, 0.6) is 0 Å². The topological polar surface area (TPSA) is 32.3 Å². The van der Waals surface area contributed by atoms with Crippen LogP contribution >= 0.6 is 10.2 Å². The van der Waals surface area contributed by atoms with Gasteiger partial charge < -0.3 is 5.11 Å². The Labute approximate surface area is 117 Å². The Morgan fingerprint density at radius 1 is 1.21 bits per heavy atom. The van der Waals surface area contributed by atoms with Crippen molar-refractivity contribution < 1.29 is 5.11 Å². The van der Waals surface area contributed by atoms with Gasteiger partial charge in [0.05, 0.1) is 6.10 Å². The molecule has 0 aliphatic carbocycles. The van der Waals surface area contributed by atoms with E-state index in [9.17, 15) is 5.11 Å². The SMILES string of the molecule is CCNS1(CC(O)CC)C=CC(c2ccccc2)=C1. The van der Waals surface area contributed by atoms with E-state index >= 15 is 0 Å². The number of rotatable bonds is 6. The molecule has 0 bridgehead atoms. The lowest BCUT2D eigenvalue weighted by Gasteiger charge is -2.34. The lowest BCUT2D eigenvalue weighted by atomic mass is 10.1. The summed E-state index contributed by atoms with van der Waals surface area (Å²) >= 11 is 0. The van der Waals surface area contributed by atoms with Gasteiger partial charge in [-0.3, -0.25) is 4.72 Å². The number of hydrogen-bond acceptors (Lipinski definition) is 2. The van der Waals surface area contributed by atoms with E-state index in [0.717, 1.165) is 18.7 Å². The summed E-state index contributed by atoms with van der Waals surface area (Å²) < 4.78 is 3.58. The average molecular weight is 277 g/mol. The van der Waals surface area contributed by atoms with Crippen molar-refractivity contribution in [3.8, 4) is 0 Å². The van der Waals surface area contributed by atoms with Crippen molar-refractivity contribution in [2.75, 3.05) is 12.3 Å². The van der Waals surface area contributed by atoms with Crippen LogP contribution in [0, 0.1) is 0 Å². The third-order valence-corrected chi connectivity index (χ3v) is 6.35. The number of nitrogens with one attached hydrogen (secondary N) is 1. The highest BCUT2D eigenvalue weighted by Crippen LogP contribution is 2.54. The van der Waals surface area contributed by atoms with Crippen molar-refractivity contribution >= 4 is 15.8 Å². The summed E-state index contributed by atoms with van der Waals surface area (Å²) in [6.45, 7) is 5.08. The third kappa shape index (κ3) is 3.50. The van der Waals surface area contributed by atoms with Gasteiger partial charge in [-0.05, 0) is 34.4 Å². The van der Waals surface area contributed by atoms with Gasteiger partial charge in [0, 0.05) is 12.3 Å². The minimum Gasteiger partial charge on any atom is -0.392 e. The fourth-order valence-corrected chi connectivity index (χ4v) is 5.30.